The Morgan fingerprint density at radius 1 is 1.16 bits per heavy atom. The summed E-state index contributed by atoms with van der Waals surface area (Å²) in [4.78, 5) is 25.4. The van der Waals surface area contributed by atoms with Gasteiger partial charge in [0.1, 0.15) is 5.78 Å². The first-order valence-corrected chi connectivity index (χ1v) is 7.03. The molecule has 100 valence electrons. The molecule has 2 aliphatic rings. The molecule has 3 atom stereocenters. The molecule has 0 spiro atoms. The summed E-state index contributed by atoms with van der Waals surface area (Å²) in [6, 6.07) is 9.24. The highest BCUT2D eigenvalue weighted by Crippen LogP contribution is 2.66. The van der Waals surface area contributed by atoms with Crippen LogP contribution in [0.5, 0.6) is 0 Å². The third-order valence-electron chi connectivity index (χ3n) is 5.87. The molecule has 2 fully saturated rings. The van der Waals surface area contributed by atoms with Gasteiger partial charge in [-0.25, -0.2) is 0 Å². The average molecular weight is 256 g/mol. The predicted octanol–water partition coefficient (Wildman–Crippen LogP) is 3.51. The lowest BCUT2D eigenvalue weighted by Crippen LogP contribution is -2.35. The predicted molar refractivity (Wildman–Crippen MR) is 73.9 cm³/mol. The maximum absolute atomic E-state index is 12.7. The molecule has 2 heteroatoms. The second-order valence-corrected chi connectivity index (χ2v) is 6.77. The van der Waals surface area contributed by atoms with E-state index in [1.54, 1.807) is 0 Å². The van der Waals surface area contributed by atoms with Gasteiger partial charge < -0.3 is 0 Å². The van der Waals surface area contributed by atoms with Crippen molar-refractivity contribution in [1.82, 2.24) is 0 Å². The van der Waals surface area contributed by atoms with Gasteiger partial charge in [0.2, 0.25) is 0 Å². The molecule has 3 rings (SSSR count). The standard InChI is InChI=1S/C17H20O2/c1-16(2)12-9-10-17(16,3)15(19)13(12)14(18)11-7-5-4-6-8-11/h4-8,12-13H,9-10H2,1-3H3/t12-,13-,17-/m0/s1. The van der Waals surface area contributed by atoms with E-state index >= 15 is 0 Å². The lowest BCUT2D eigenvalue weighted by Gasteiger charge is -2.32. The Morgan fingerprint density at radius 2 is 1.79 bits per heavy atom. The number of benzene rings is 1. The van der Waals surface area contributed by atoms with E-state index in [-0.39, 0.29) is 28.3 Å². The number of carbonyl (C=O) groups excluding carboxylic acids is 2. The molecular weight excluding hydrogens is 236 g/mol. The van der Waals surface area contributed by atoms with Crippen molar-refractivity contribution in [3.8, 4) is 0 Å². The second-order valence-electron chi connectivity index (χ2n) is 6.77. The zero-order chi connectivity index (χ0) is 13.8. The van der Waals surface area contributed by atoms with Crippen molar-refractivity contribution in [3.63, 3.8) is 0 Å². The van der Waals surface area contributed by atoms with Crippen molar-refractivity contribution in [3.05, 3.63) is 35.9 Å². The number of ketones is 2. The fourth-order valence-corrected chi connectivity index (χ4v) is 4.17. The highest BCUT2D eigenvalue weighted by molar-refractivity contribution is 6.14. The highest BCUT2D eigenvalue weighted by Gasteiger charge is 2.67. The summed E-state index contributed by atoms with van der Waals surface area (Å²) in [5.74, 6) is -0.0245. The zero-order valence-electron chi connectivity index (χ0n) is 11.8. The molecule has 2 bridgehead atoms. The molecule has 0 unspecified atom stereocenters. The Labute approximate surface area is 114 Å². The van der Waals surface area contributed by atoms with Gasteiger partial charge in [-0.15, -0.1) is 0 Å². The minimum absolute atomic E-state index is 0.0205. The number of carbonyl (C=O) groups is 2. The molecule has 0 saturated heterocycles. The number of hydrogen-bond acceptors (Lipinski definition) is 2. The van der Waals surface area contributed by atoms with Crippen LogP contribution < -0.4 is 0 Å². The van der Waals surface area contributed by atoms with Crippen LogP contribution in [0.2, 0.25) is 0 Å². The van der Waals surface area contributed by atoms with Gasteiger partial charge in [-0.1, -0.05) is 51.1 Å². The van der Waals surface area contributed by atoms with Gasteiger partial charge in [0, 0.05) is 11.0 Å². The van der Waals surface area contributed by atoms with E-state index in [0.717, 1.165) is 12.8 Å². The third kappa shape index (κ3) is 1.43. The Morgan fingerprint density at radius 3 is 2.32 bits per heavy atom. The smallest absolute Gasteiger partial charge is 0.173 e. The molecule has 0 aliphatic heterocycles. The van der Waals surface area contributed by atoms with Crippen molar-refractivity contribution < 1.29 is 9.59 Å². The van der Waals surface area contributed by atoms with Crippen molar-refractivity contribution in [2.45, 2.75) is 33.6 Å². The van der Waals surface area contributed by atoms with E-state index in [0.29, 0.717) is 5.56 Å². The van der Waals surface area contributed by atoms with Crippen molar-refractivity contribution in [2.75, 3.05) is 0 Å². The quantitative estimate of drug-likeness (QED) is 0.599. The SMILES string of the molecule is CC1(C)[C@H]2CC[C@@]1(C)C(=O)[C@@H]2C(=O)c1ccccc1. The lowest BCUT2D eigenvalue weighted by atomic mass is 9.70. The van der Waals surface area contributed by atoms with E-state index in [2.05, 4.69) is 13.8 Å². The Kier molecular flexibility index (Phi) is 2.51. The maximum atomic E-state index is 12.7. The van der Waals surface area contributed by atoms with Gasteiger partial charge in [0.05, 0.1) is 5.92 Å². The van der Waals surface area contributed by atoms with Gasteiger partial charge in [0.25, 0.3) is 0 Å². The Balaban J connectivity index is 2.01. The third-order valence-corrected chi connectivity index (χ3v) is 5.87. The normalized spacial score (nSPS) is 35.6. The summed E-state index contributed by atoms with van der Waals surface area (Å²) in [6.07, 6.45) is 1.93. The average Bonchev–Trinajstić information content (AvgIpc) is 2.71. The molecule has 2 nitrogen and oxygen atoms in total. The molecule has 2 aliphatic carbocycles. The Hall–Kier alpha value is -1.44. The minimum atomic E-state index is -0.420. The summed E-state index contributed by atoms with van der Waals surface area (Å²) in [5.41, 5.74) is 0.305. The number of Topliss-reactive ketones (excluding diaryl/α,β-unsaturated/α-hetero) is 2. The van der Waals surface area contributed by atoms with E-state index < -0.39 is 5.92 Å². The summed E-state index contributed by atoms with van der Waals surface area (Å²) in [7, 11) is 0. The zero-order valence-corrected chi connectivity index (χ0v) is 11.8. The maximum Gasteiger partial charge on any atom is 0.173 e. The molecule has 0 N–H and O–H groups in total. The van der Waals surface area contributed by atoms with E-state index in [4.69, 9.17) is 0 Å². The topological polar surface area (TPSA) is 34.1 Å². The molecule has 1 aromatic carbocycles. The molecule has 0 aromatic heterocycles. The highest BCUT2D eigenvalue weighted by atomic mass is 16.2. The van der Waals surface area contributed by atoms with Crippen LogP contribution in [0.15, 0.2) is 30.3 Å². The van der Waals surface area contributed by atoms with Gasteiger partial charge >= 0.3 is 0 Å². The van der Waals surface area contributed by atoms with Crippen LogP contribution in [0.1, 0.15) is 44.0 Å². The number of rotatable bonds is 2. The van der Waals surface area contributed by atoms with E-state index in [1.807, 2.05) is 37.3 Å². The second kappa shape index (κ2) is 3.78. The summed E-state index contributed by atoms with van der Waals surface area (Å²) >= 11 is 0. The first-order valence-electron chi connectivity index (χ1n) is 7.03. The molecule has 0 amide bonds. The monoisotopic (exact) mass is 256 g/mol. The molecule has 0 radical (unpaired) electrons. The van der Waals surface area contributed by atoms with Crippen LogP contribution in [0, 0.1) is 22.7 Å². The van der Waals surface area contributed by atoms with Crippen LogP contribution in [0.3, 0.4) is 0 Å². The molecular formula is C17H20O2. The van der Waals surface area contributed by atoms with Gasteiger partial charge in [0.15, 0.2) is 5.78 Å². The number of hydrogen-bond donors (Lipinski definition) is 0. The van der Waals surface area contributed by atoms with Crippen LogP contribution >= 0.6 is 0 Å². The van der Waals surface area contributed by atoms with Crippen molar-refractivity contribution >= 4 is 11.6 Å². The van der Waals surface area contributed by atoms with Crippen molar-refractivity contribution in [2.24, 2.45) is 22.7 Å². The van der Waals surface area contributed by atoms with Crippen LogP contribution in [-0.4, -0.2) is 11.6 Å². The lowest BCUT2D eigenvalue weighted by molar-refractivity contribution is -0.130. The van der Waals surface area contributed by atoms with Crippen LogP contribution in [0.4, 0.5) is 0 Å². The minimum Gasteiger partial charge on any atom is -0.298 e. The van der Waals surface area contributed by atoms with Gasteiger partial charge in [-0.2, -0.15) is 0 Å². The largest absolute Gasteiger partial charge is 0.298 e. The molecule has 2 saturated carbocycles. The van der Waals surface area contributed by atoms with E-state index in [1.165, 1.54) is 0 Å². The summed E-state index contributed by atoms with van der Waals surface area (Å²) in [5, 5.41) is 0. The van der Waals surface area contributed by atoms with Crippen LogP contribution in [0.25, 0.3) is 0 Å². The molecule has 0 heterocycles. The number of fused-ring (bicyclic) bond motifs is 2. The van der Waals surface area contributed by atoms with Gasteiger partial charge in [-0.3, -0.25) is 9.59 Å². The van der Waals surface area contributed by atoms with Gasteiger partial charge in [-0.05, 0) is 24.2 Å². The Bertz CT molecular complexity index is 544. The first-order chi connectivity index (χ1) is 8.89. The first kappa shape index (κ1) is 12.6. The molecule has 19 heavy (non-hydrogen) atoms. The van der Waals surface area contributed by atoms with E-state index in [9.17, 15) is 9.59 Å². The summed E-state index contributed by atoms with van der Waals surface area (Å²) in [6.45, 7) is 6.36. The fraction of sp³-hybridized carbons (Fsp3) is 0.529. The van der Waals surface area contributed by atoms with Crippen molar-refractivity contribution in [1.29, 1.82) is 0 Å². The molecule has 1 aromatic rings. The van der Waals surface area contributed by atoms with Crippen LogP contribution in [-0.2, 0) is 4.79 Å². The fourth-order valence-electron chi connectivity index (χ4n) is 4.17. The summed E-state index contributed by atoms with van der Waals surface area (Å²) < 4.78 is 0.